The number of hydrogen-bond donors (Lipinski definition) is 1. The zero-order valence-corrected chi connectivity index (χ0v) is 18.2. The Morgan fingerprint density at radius 3 is 2.79 bits per heavy atom. The van der Waals surface area contributed by atoms with E-state index in [1.165, 1.54) is 27.0 Å². The number of carbonyl (C=O) groups excluding carboxylic acids is 1. The molecule has 1 aliphatic rings. The molecule has 0 saturated carbocycles. The molecule has 152 valence electrons. The Hall–Kier alpha value is -2.14. The SMILES string of the molecule is Cc1ccccc1NC(=O)c1nnc(C2CCCN(S(=O)(=O)c3cccs3)C2)s1. The van der Waals surface area contributed by atoms with Crippen molar-refractivity contribution in [2.24, 2.45) is 0 Å². The van der Waals surface area contributed by atoms with E-state index in [1.807, 2.05) is 31.2 Å². The van der Waals surface area contributed by atoms with Gasteiger partial charge < -0.3 is 5.32 Å². The van der Waals surface area contributed by atoms with Gasteiger partial charge in [-0.15, -0.1) is 21.5 Å². The van der Waals surface area contributed by atoms with Crippen LogP contribution in [0, 0.1) is 6.92 Å². The van der Waals surface area contributed by atoms with Gasteiger partial charge in [0.2, 0.25) is 5.01 Å². The number of rotatable bonds is 5. The van der Waals surface area contributed by atoms with Gasteiger partial charge in [0, 0.05) is 24.7 Å². The van der Waals surface area contributed by atoms with Crippen molar-refractivity contribution in [3.63, 3.8) is 0 Å². The minimum atomic E-state index is -3.49. The number of hydrogen-bond acceptors (Lipinski definition) is 7. The maximum Gasteiger partial charge on any atom is 0.286 e. The second-order valence-corrected chi connectivity index (χ2v) is 11.0. The molecule has 1 saturated heterocycles. The fourth-order valence-electron chi connectivity index (χ4n) is 3.28. The van der Waals surface area contributed by atoms with Gasteiger partial charge in [0.15, 0.2) is 0 Å². The number of piperidine rings is 1. The minimum absolute atomic E-state index is 0.0593. The standard InChI is InChI=1S/C19H20N4O3S3/c1-13-6-2-3-8-15(13)20-17(24)19-22-21-18(28-19)14-7-4-10-23(12-14)29(25,26)16-9-5-11-27-16/h2-3,5-6,8-9,11,14H,4,7,10,12H2,1H3,(H,20,24). The molecule has 1 amide bonds. The lowest BCUT2D eigenvalue weighted by molar-refractivity contribution is 0.102. The topological polar surface area (TPSA) is 92.3 Å². The maximum atomic E-state index is 12.8. The molecule has 1 aromatic carbocycles. The quantitative estimate of drug-likeness (QED) is 0.642. The van der Waals surface area contributed by atoms with Crippen LogP contribution in [0.25, 0.3) is 0 Å². The van der Waals surface area contributed by atoms with Crippen LogP contribution in [0.2, 0.25) is 0 Å². The fraction of sp³-hybridized carbons (Fsp3) is 0.316. The number of nitrogens with zero attached hydrogens (tertiary/aromatic N) is 3. The number of amides is 1. The number of para-hydroxylation sites is 1. The summed E-state index contributed by atoms with van der Waals surface area (Å²) in [5.41, 5.74) is 1.70. The average molecular weight is 449 g/mol. The van der Waals surface area contributed by atoms with Crippen LogP contribution in [0.1, 0.15) is 39.1 Å². The zero-order valence-electron chi connectivity index (χ0n) is 15.7. The number of nitrogens with one attached hydrogen (secondary N) is 1. The van der Waals surface area contributed by atoms with Gasteiger partial charge in [-0.25, -0.2) is 8.42 Å². The molecule has 0 spiro atoms. The monoisotopic (exact) mass is 448 g/mol. The highest BCUT2D eigenvalue weighted by atomic mass is 32.2. The smallest absolute Gasteiger partial charge is 0.286 e. The summed E-state index contributed by atoms with van der Waals surface area (Å²) in [6.07, 6.45) is 1.57. The minimum Gasteiger partial charge on any atom is -0.320 e. The molecule has 1 N–H and O–H groups in total. The number of aryl methyl sites for hydroxylation is 1. The molecular formula is C19H20N4O3S3. The average Bonchev–Trinajstić information content (AvgIpc) is 3.42. The molecule has 1 unspecified atom stereocenters. The Balaban J connectivity index is 1.48. The first-order chi connectivity index (χ1) is 13.9. The Morgan fingerprint density at radius 2 is 2.03 bits per heavy atom. The van der Waals surface area contributed by atoms with Crippen molar-refractivity contribution in [1.82, 2.24) is 14.5 Å². The number of anilines is 1. The fourth-order valence-corrected chi connectivity index (χ4v) is 6.81. The first-order valence-electron chi connectivity index (χ1n) is 9.19. The number of carbonyl (C=O) groups is 1. The van der Waals surface area contributed by atoms with Crippen LogP contribution in [0.3, 0.4) is 0 Å². The van der Waals surface area contributed by atoms with Crippen molar-refractivity contribution in [3.05, 3.63) is 57.4 Å². The first kappa shape index (κ1) is 20.1. The summed E-state index contributed by atoms with van der Waals surface area (Å²) in [4.78, 5) is 12.5. The third-order valence-corrected chi connectivity index (χ3v) is 9.17. The summed E-state index contributed by atoms with van der Waals surface area (Å²) in [6.45, 7) is 2.77. The molecule has 0 radical (unpaired) electrons. The van der Waals surface area contributed by atoms with Crippen molar-refractivity contribution in [2.75, 3.05) is 18.4 Å². The van der Waals surface area contributed by atoms with Gasteiger partial charge in [-0.05, 0) is 42.8 Å². The third-order valence-electron chi connectivity index (χ3n) is 4.85. The molecule has 1 fully saturated rings. The summed E-state index contributed by atoms with van der Waals surface area (Å²) in [5.74, 6) is -0.363. The summed E-state index contributed by atoms with van der Waals surface area (Å²) >= 11 is 2.45. The number of thiophene rings is 1. The van der Waals surface area contributed by atoms with E-state index in [9.17, 15) is 13.2 Å². The van der Waals surface area contributed by atoms with Crippen molar-refractivity contribution in [1.29, 1.82) is 0 Å². The van der Waals surface area contributed by atoms with Crippen molar-refractivity contribution in [3.8, 4) is 0 Å². The van der Waals surface area contributed by atoms with E-state index < -0.39 is 10.0 Å². The van der Waals surface area contributed by atoms with Crippen molar-refractivity contribution < 1.29 is 13.2 Å². The van der Waals surface area contributed by atoms with E-state index >= 15 is 0 Å². The zero-order chi connectivity index (χ0) is 20.4. The van der Waals surface area contributed by atoms with E-state index in [0.717, 1.165) is 24.1 Å². The van der Waals surface area contributed by atoms with E-state index in [2.05, 4.69) is 15.5 Å². The normalized spacial score (nSPS) is 17.9. The van der Waals surface area contributed by atoms with Crippen LogP contribution in [-0.4, -0.2) is 41.9 Å². The van der Waals surface area contributed by atoms with Gasteiger partial charge in [-0.1, -0.05) is 35.6 Å². The molecule has 7 nitrogen and oxygen atoms in total. The van der Waals surface area contributed by atoms with Crippen LogP contribution >= 0.6 is 22.7 Å². The molecule has 1 atom stereocenters. The highest BCUT2D eigenvalue weighted by Crippen LogP contribution is 2.33. The highest BCUT2D eigenvalue weighted by Gasteiger charge is 2.33. The van der Waals surface area contributed by atoms with Crippen LogP contribution in [0.5, 0.6) is 0 Å². The number of benzene rings is 1. The van der Waals surface area contributed by atoms with Gasteiger partial charge in [-0.3, -0.25) is 4.79 Å². The molecule has 0 aliphatic carbocycles. The Labute approximate surface area is 177 Å². The van der Waals surface area contributed by atoms with Gasteiger partial charge >= 0.3 is 0 Å². The number of sulfonamides is 1. The van der Waals surface area contributed by atoms with Crippen LogP contribution in [0.4, 0.5) is 5.69 Å². The van der Waals surface area contributed by atoms with Gasteiger partial charge in [0.25, 0.3) is 15.9 Å². The van der Waals surface area contributed by atoms with Crippen LogP contribution in [-0.2, 0) is 10.0 Å². The predicted octanol–water partition coefficient (Wildman–Crippen LogP) is 3.73. The molecule has 2 aromatic heterocycles. The third kappa shape index (κ3) is 4.25. The van der Waals surface area contributed by atoms with Crippen LogP contribution in [0.15, 0.2) is 46.0 Å². The van der Waals surface area contributed by atoms with E-state index in [-0.39, 0.29) is 16.8 Å². The molecule has 10 heteroatoms. The lowest BCUT2D eigenvalue weighted by Gasteiger charge is -2.30. The predicted molar refractivity (Wildman–Crippen MR) is 114 cm³/mol. The maximum absolute atomic E-state index is 12.8. The molecule has 1 aliphatic heterocycles. The second-order valence-electron chi connectivity index (χ2n) is 6.85. The molecule has 3 aromatic rings. The van der Waals surface area contributed by atoms with Gasteiger partial charge in [0.05, 0.1) is 0 Å². The van der Waals surface area contributed by atoms with Crippen molar-refractivity contribution >= 4 is 44.3 Å². The van der Waals surface area contributed by atoms with Crippen molar-refractivity contribution in [2.45, 2.75) is 29.9 Å². The summed E-state index contributed by atoms with van der Waals surface area (Å²) in [7, 11) is -3.49. The molecule has 0 bridgehead atoms. The lowest BCUT2D eigenvalue weighted by atomic mass is 10.0. The summed E-state index contributed by atoms with van der Waals surface area (Å²) in [6, 6.07) is 10.9. The molecular weight excluding hydrogens is 428 g/mol. The van der Waals surface area contributed by atoms with E-state index in [4.69, 9.17) is 0 Å². The lowest BCUT2D eigenvalue weighted by Crippen LogP contribution is -2.38. The Kier molecular flexibility index (Phi) is 5.77. The first-order valence-corrected chi connectivity index (χ1v) is 12.3. The Morgan fingerprint density at radius 1 is 1.21 bits per heavy atom. The van der Waals surface area contributed by atoms with E-state index in [1.54, 1.807) is 17.5 Å². The second kappa shape index (κ2) is 8.31. The van der Waals surface area contributed by atoms with E-state index in [0.29, 0.717) is 22.3 Å². The molecule has 29 heavy (non-hydrogen) atoms. The number of aromatic nitrogens is 2. The summed E-state index contributed by atoms with van der Waals surface area (Å²) in [5, 5.41) is 13.8. The van der Waals surface area contributed by atoms with Gasteiger partial charge in [-0.2, -0.15) is 4.31 Å². The van der Waals surface area contributed by atoms with Gasteiger partial charge in [0.1, 0.15) is 9.22 Å². The largest absolute Gasteiger partial charge is 0.320 e. The summed E-state index contributed by atoms with van der Waals surface area (Å²) < 4.78 is 27.5. The highest BCUT2D eigenvalue weighted by molar-refractivity contribution is 7.91. The molecule has 3 heterocycles. The van der Waals surface area contributed by atoms with Crippen LogP contribution < -0.4 is 5.32 Å². The Bertz CT molecular complexity index is 1110. The molecule has 4 rings (SSSR count).